The van der Waals surface area contributed by atoms with Crippen LogP contribution in [0.3, 0.4) is 0 Å². The first kappa shape index (κ1) is 21.0. The lowest BCUT2D eigenvalue weighted by Crippen LogP contribution is -2.26. The van der Waals surface area contributed by atoms with Crippen LogP contribution in [0.4, 0.5) is 8.78 Å². The van der Waals surface area contributed by atoms with E-state index in [-0.39, 0.29) is 17.9 Å². The number of phenols is 1. The van der Waals surface area contributed by atoms with Gasteiger partial charge in [-0.25, -0.2) is 0 Å². The van der Waals surface area contributed by atoms with E-state index in [1.165, 1.54) is 20.3 Å². The molecule has 0 aliphatic heterocycles. The van der Waals surface area contributed by atoms with Crippen LogP contribution in [-0.4, -0.2) is 38.4 Å². The number of halogens is 2. The van der Waals surface area contributed by atoms with Crippen molar-refractivity contribution in [3.8, 4) is 17.2 Å². The predicted molar refractivity (Wildman–Crippen MR) is 99.4 cm³/mol. The SMILES string of the molecule is COc1ccc(C(=COC(F)F)C(=O)NCCc2ccc(O)c(OC)c2)cc1. The molecule has 0 saturated carbocycles. The smallest absolute Gasteiger partial charge is 0.386 e. The zero-order valence-corrected chi connectivity index (χ0v) is 15.4. The molecule has 0 spiro atoms. The number of ether oxygens (including phenoxy) is 3. The highest BCUT2D eigenvalue weighted by Gasteiger charge is 2.14. The molecule has 28 heavy (non-hydrogen) atoms. The number of carbonyl (C=O) groups excluding carboxylic acids is 1. The second kappa shape index (κ2) is 10.1. The lowest BCUT2D eigenvalue weighted by molar-refractivity contribution is -0.116. The topological polar surface area (TPSA) is 77.0 Å². The Morgan fingerprint density at radius 2 is 1.86 bits per heavy atom. The standard InChI is InChI=1S/C20H21F2NO5/c1-26-15-6-4-14(5-7-15)16(12-28-20(21)22)19(25)23-10-9-13-3-8-17(24)18(11-13)27-2/h3-8,11-12,20,24H,9-10H2,1-2H3,(H,23,25). The van der Waals surface area contributed by atoms with Gasteiger partial charge in [0.25, 0.3) is 5.91 Å². The minimum Gasteiger partial charge on any atom is -0.504 e. The molecular formula is C20H21F2NO5. The first-order valence-electron chi connectivity index (χ1n) is 8.37. The average Bonchev–Trinajstić information content (AvgIpc) is 2.69. The average molecular weight is 393 g/mol. The molecule has 150 valence electrons. The number of phenolic OH excluding ortho intramolecular Hbond substituents is 1. The van der Waals surface area contributed by atoms with Crippen molar-refractivity contribution in [2.75, 3.05) is 20.8 Å². The normalized spacial score (nSPS) is 11.2. The fourth-order valence-corrected chi connectivity index (χ4v) is 2.44. The molecule has 2 aromatic rings. The highest BCUT2D eigenvalue weighted by molar-refractivity contribution is 6.19. The van der Waals surface area contributed by atoms with Crippen LogP contribution in [0, 0.1) is 0 Å². The summed E-state index contributed by atoms with van der Waals surface area (Å²) in [6.07, 6.45) is 1.19. The number of hydrogen-bond acceptors (Lipinski definition) is 5. The Morgan fingerprint density at radius 1 is 1.14 bits per heavy atom. The summed E-state index contributed by atoms with van der Waals surface area (Å²) in [5.74, 6) is 0.355. The number of benzene rings is 2. The maximum Gasteiger partial charge on any atom is 0.386 e. The quantitative estimate of drug-likeness (QED) is 0.505. The van der Waals surface area contributed by atoms with Crippen LogP contribution in [0.25, 0.3) is 5.57 Å². The first-order chi connectivity index (χ1) is 13.4. The number of hydrogen-bond donors (Lipinski definition) is 2. The van der Waals surface area contributed by atoms with Crippen LogP contribution < -0.4 is 14.8 Å². The molecule has 0 aliphatic carbocycles. The van der Waals surface area contributed by atoms with E-state index in [0.29, 0.717) is 23.5 Å². The van der Waals surface area contributed by atoms with Gasteiger partial charge >= 0.3 is 6.61 Å². The summed E-state index contributed by atoms with van der Waals surface area (Å²) in [6, 6.07) is 11.2. The highest BCUT2D eigenvalue weighted by atomic mass is 19.3. The Balaban J connectivity index is 2.06. The Kier molecular flexibility index (Phi) is 7.62. The van der Waals surface area contributed by atoms with Crippen molar-refractivity contribution in [2.45, 2.75) is 13.0 Å². The molecule has 6 nitrogen and oxygen atoms in total. The third-order valence-corrected chi connectivity index (χ3v) is 3.88. The van der Waals surface area contributed by atoms with Crippen molar-refractivity contribution in [1.29, 1.82) is 0 Å². The minimum atomic E-state index is -3.04. The van der Waals surface area contributed by atoms with E-state index >= 15 is 0 Å². The number of nitrogens with one attached hydrogen (secondary N) is 1. The Bertz CT molecular complexity index is 822. The Hall–Kier alpha value is -3.29. The molecule has 1 amide bonds. The summed E-state index contributed by atoms with van der Waals surface area (Å²) in [5.41, 5.74) is 1.20. The fraction of sp³-hybridized carbons (Fsp3) is 0.250. The molecule has 0 aromatic heterocycles. The molecule has 0 unspecified atom stereocenters. The summed E-state index contributed by atoms with van der Waals surface area (Å²) in [6.45, 7) is -2.79. The molecule has 0 fully saturated rings. The van der Waals surface area contributed by atoms with Gasteiger partial charge in [0.15, 0.2) is 11.5 Å². The molecule has 0 bridgehead atoms. The van der Waals surface area contributed by atoms with E-state index in [1.54, 1.807) is 36.4 Å². The van der Waals surface area contributed by atoms with E-state index in [2.05, 4.69) is 10.1 Å². The van der Waals surface area contributed by atoms with Gasteiger partial charge in [-0.15, -0.1) is 0 Å². The van der Waals surface area contributed by atoms with E-state index in [1.807, 2.05) is 0 Å². The van der Waals surface area contributed by atoms with E-state index in [9.17, 15) is 18.7 Å². The highest BCUT2D eigenvalue weighted by Crippen LogP contribution is 2.26. The van der Waals surface area contributed by atoms with Gasteiger partial charge in [0.2, 0.25) is 0 Å². The van der Waals surface area contributed by atoms with Gasteiger partial charge in [-0.05, 0) is 41.8 Å². The molecule has 2 N–H and O–H groups in total. The zero-order chi connectivity index (χ0) is 20.5. The largest absolute Gasteiger partial charge is 0.504 e. The van der Waals surface area contributed by atoms with E-state index < -0.39 is 12.5 Å². The first-order valence-corrected chi connectivity index (χ1v) is 8.37. The number of alkyl halides is 2. The summed E-state index contributed by atoms with van der Waals surface area (Å²) in [7, 11) is 2.94. The van der Waals surface area contributed by atoms with Gasteiger partial charge in [-0.3, -0.25) is 4.79 Å². The van der Waals surface area contributed by atoms with E-state index in [0.717, 1.165) is 11.8 Å². The van der Waals surface area contributed by atoms with Gasteiger partial charge in [0.1, 0.15) is 12.0 Å². The second-order valence-corrected chi connectivity index (χ2v) is 5.67. The zero-order valence-electron chi connectivity index (χ0n) is 15.4. The van der Waals surface area contributed by atoms with Crippen LogP contribution in [-0.2, 0) is 16.0 Å². The van der Waals surface area contributed by atoms with Gasteiger partial charge in [-0.2, -0.15) is 8.78 Å². The van der Waals surface area contributed by atoms with Gasteiger partial charge in [0.05, 0.1) is 19.8 Å². The molecule has 0 aliphatic rings. The van der Waals surface area contributed by atoms with Crippen LogP contribution in [0.5, 0.6) is 17.2 Å². The maximum absolute atomic E-state index is 12.5. The van der Waals surface area contributed by atoms with Crippen molar-refractivity contribution >= 4 is 11.5 Å². The minimum absolute atomic E-state index is 0.0177. The van der Waals surface area contributed by atoms with Gasteiger partial charge in [0, 0.05) is 6.54 Å². The monoisotopic (exact) mass is 393 g/mol. The molecular weight excluding hydrogens is 372 g/mol. The van der Waals surface area contributed by atoms with E-state index in [4.69, 9.17) is 9.47 Å². The molecule has 2 aromatic carbocycles. The van der Waals surface area contributed by atoms with Crippen molar-refractivity contribution < 1.29 is 32.9 Å². The molecule has 2 rings (SSSR count). The molecule has 0 atom stereocenters. The molecule has 8 heteroatoms. The van der Waals surface area contributed by atoms with Crippen LogP contribution in [0.15, 0.2) is 48.7 Å². The molecule has 0 heterocycles. The number of aromatic hydroxyl groups is 1. The Morgan fingerprint density at radius 3 is 2.46 bits per heavy atom. The number of carbonyl (C=O) groups is 1. The number of rotatable bonds is 9. The van der Waals surface area contributed by atoms with Crippen molar-refractivity contribution in [3.05, 3.63) is 59.9 Å². The summed E-state index contributed by atoms with van der Waals surface area (Å²) >= 11 is 0. The molecule has 0 radical (unpaired) electrons. The van der Waals surface area contributed by atoms with Crippen LogP contribution in [0.1, 0.15) is 11.1 Å². The van der Waals surface area contributed by atoms with Crippen molar-refractivity contribution in [1.82, 2.24) is 5.32 Å². The molecule has 0 saturated heterocycles. The summed E-state index contributed by atoms with van der Waals surface area (Å²) in [5, 5.41) is 12.3. The van der Waals surface area contributed by atoms with Crippen molar-refractivity contribution in [3.63, 3.8) is 0 Å². The maximum atomic E-state index is 12.5. The number of methoxy groups -OCH3 is 2. The van der Waals surface area contributed by atoms with Crippen LogP contribution in [0.2, 0.25) is 0 Å². The Labute approximate surface area is 161 Å². The second-order valence-electron chi connectivity index (χ2n) is 5.67. The number of amides is 1. The van der Waals surface area contributed by atoms with Crippen molar-refractivity contribution in [2.24, 2.45) is 0 Å². The third kappa shape index (κ3) is 5.87. The van der Waals surface area contributed by atoms with Gasteiger partial charge in [-0.1, -0.05) is 18.2 Å². The van der Waals surface area contributed by atoms with Gasteiger partial charge < -0.3 is 24.6 Å². The predicted octanol–water partition coefficient (Wildman–Crippen LogP) is 3.35. The van der Waals surface area contributed by atoms with Crippen LogP contribution >= 0.6 is 0 Å². The third-order valence-electron chi connectivity index (χ3n) is 3.88. The lowest BCUT2D eigenvalue weighted by Gasteiger charge is -2.11. The summed E-state index contributed by atoms with van der Waals surface area (Å²) in [4.78, 5) is 12.5. The summed E-state index contributed by atoms with van der Waals surface area (Å²) < 4.78 is 39.1. The fourth-order valence-electron chi connectivity index (χ4n) is 2.44. The lowest BCUT2D eigenvalue weighted by atomic mass is 10.1.